The molecule has 0 spiro atoms. The molecule has 8 heteroatoms. The van der Waals surface area contributed by atoms with Gasteiger partial charge in [-0.1, -0.05) is 24.3 Å². The summed E-state index contributed by atoms with van der Waals surface area (Å²) < 4.78 is 28.4. The first-order valence-corrected chi connectivity index (χ1v) is 9.99. The van der Waals surface area contributed by atoms with E-state index in [0.717, 1.165) is 12.1 Å². The standard InChI is InChI=1S/C25H16F2N2O4/c26-13-9-12(10-14(27)11-13)19(20-22(30)15-5-1-3-7-17(15)28-24(20)32)21-23(31)16-6-2-4-8-18(16)29-25(21)33/h1-11,19H,(H2,28,30,32)(H2,29,31,33). The zero-order valence-electron chi connectivity index (χ0n) is 16.9. The van der Waals surface area contributed by atoms with Crippen molar-refractivity contribution in [1.82, 2.24) is 9.97 Å². The molecule has 4 N–H and O–H groups in total. The average Bonchev–Trinajstić information content (AvgIpc) is 2.77. The average molecular weight is 446 g/mol. The summed E-state index contributed by atoms with van der Waals surface area (Å²) in [6, 6.07) is 15.4. The lowest BCUT2D eigenvalue weighted by Crippen LogP contribution is -2.24. The highest BCUT2D eigenvalue weighted by atomic mass is 19.1. The Labute approximate surface area is 184 Å². The second kappa shape index (κ2) is 7.59. The molecular formula is C25H16F2N2O4. The molecule has 5 aromatic rings. The minimum absolute atomic E-state index is 0.125. The van der Waals surface area contributed by atoms with Crippen molar-refractivity contribution in [2.24, 2.45) is 0 Å². The molecule has 0 saturated carbocycles. The van der Waals surface area contributed by atoms with Gasteiger partial charge < -0.3 is 20.2 Å². The summed E-state index contributed by atoms with van der Waals surface area (Å²) in [5.41, 5.74) is -1.64. The molecule has 0 fully saturated rings. The highest BCUT2D eigenvalue weighted by Gasteiger charge is 2.31. The molecule has 5 rings (SSSR count). The summed E-state index contributed by atoms with van der Waals surface area (Å²) in [6.07, 6.45) is 0. The number of aromatic hydroxyl groups is 2. The third kappa shape index (κ3) is 3.32. The molecule has 0 aliphatic heterocycles. The number of pyridine rings is 2. The molecule has 0 unspecified atom stereocenters. The summed E-state index contributed by atoms with van der Waals surface area (Å²) in [7, 11) is 0. The Balaban J connectivity index is 1.93. The van der Waals surface area contributed by atoms with E-state index in [-0.39, 0.29) is 27.5 Å². The first-order chi connectivity index (χ1) is 15.8. The van der Waals surface area contributed by atoms with Gasteiger partial charge in [0, 0.05) is 16.8 Å². The van der Waals surface area contributed by atoms with Crippen LogP contribution in [-0.4, -0.2) is 20.2 Å². The fraction of sp³-hybridized carbons (Fsp3) is 0.0400. The fourth-order valence-corrected chi connectivity index (χ4v) is 4.24. The van der Waals surface area contributed by atoms with Gasteiger partial charge in [0.2, 0.25) is 0 Å². The molecule has 164 valence electrons. The number of nitrogens with one attached hydrogen (secondary N) is 2. The van der Waals surface area contributed by atoms with E-state index in [1.54, 1.807) is 48.5 Å². The van der Waals surface area contributed by atoms with Gasteiger partial charge in [-0.15, -0.1) is 0 Å². The SMILES string of the molecule is O=c1[nH]c2ccccc2c(O)c1C(c1cc(F)cc(F)c1)c1c(O)c2ccccc2[nH]c1=O. The molecule has 0 atom stereocenters. The summed E-state index contributed by atoms with van der Waals surface area (Å²) in [6.45, 7) is 0. The number of H-pyrrole nitrogens is 2. The summed E-state index contributed by atoms with van der Waals surface area (Å²) in [4.78, 5) is 31.5. The molecule has 0 amide bonds. The number of aromatic amines is 2. The van der Waals surface area contributed by atoms with Crippen LogP contribution in [0.2, 0.25) is 0 Å². The Morgan fingerprint density at radius 2 is 1.09 bits per heavy atom. The van der Waals surface area contributed by atoms with Gasteiger partial charge in [0.1, 0.15) is 23.1 Å². The molecule has 0 aliphatic rings. The minimum atomic E-state index is -1.48. The normalized spacial score (nSPS) is 11.5. The molecule has 0 bridgehead atoms. The van der Waals surface area contributed by atoms with Crippen LogP contribution in [0.3, 0.4) is 0 Å². The maximum atomic E-state index is 14.2. The van der Waals surface area contributed by atoms with Crippen molar-refractivity contribution in [2.45, 2.75) is 5.92 Å². The topological polar surface area (TPSA) is 106 Å². The maximum absolute atomic E-state index is 14.2. The van der Waals surface area contributed by atoms with E-state index in [1.807, 2.05) is 0 Å². The van der Waals surface area contributed by atoms with Crippen molar-refractivity contribution in [3.63, 3.8) is 0 Å². The lowest BCUT2D eigenvalue weighted by molar-refractivity contribution is 0.462. The Hall–Kier alpha value is -4.46. The first-order valence-electron chi connectivity index (χ1n) is 9.99. The van der Waals surface area contributed by atoms with Gasteiger partial charge in [0.05, 0.1) is 28.1 Å². The fourth-order valence-electron chi connectivity index (χ4n) is 4.24. The van der Waals surface area contributed by atoms with Crippen molar-refractivity contribution in [2.75, 3.05) is 0 Å². The quantitative estimate of drug-likeness (QED) is 0.333. The number of hydrogen-bond donors (Lipinski definition) is 4. The number of para-hydroxylation sites is 2. The van der Waals surface area contributed by atoms with Crippen molar-refractivity contribution < 1.29 is 19.0 Å². The van der Waals surface area contributed by atoms with Crippen LogP contribution in [0.5, 0.6) is 11.5 Å². The highest BCUT2D eigenvalue weighted by Crippen LogP contribution is 2.41. The summed E-state index contributed by atoms with van der Waals surface area (Å²) in [5, 5.41) is 22.6. The van der Waals surface area contributed by atoms with Crippen molar-refractivity contribution in [1.29, 1.82) is 0 Å². The van der Waals surface area contributed by atoms with E-state index in [1.165, 1.54) is 0 Å². The Morgan fingerprint density at radius 1 is 0.667 bits per heavy atom. The molecule has 2 heterocycles. The van der Waals surface area contributed by atoms with Crippen molar-refractivity contribution in [3.8, 4) is 11.5 Å². The van der Waals surface area contributed by atoms with E-state index in [0.29, 0.717) is 17.1 Å². The third-order valence-corrected chi connectivity index (χ3v) is 5.66. The van der Waals surface area contributed by atoms with Crippen molar-refractivity contribution in [3.05, 3.63) is 116 Å². The van der Waals surface area contributed by atoms with Gasteiger partial charge in [0.15, 0.2) is 0 Å². The zero-order valence-corrected chi connectivity index (χ0v) is 16.9. The van der Waals surface area contributed by atoms with Gasteiger partial charge in [0.25, 0.3) is 11.1 Å². The smallest absolute Gasteiger partial charge is 0.256 e. The van der Waals surface area contributed by atoms with E-state index in [9.17, 15) is 28.6 Å². The Kier molecular flexibility index (Phi) is 4.70. The molecule has 2 aromatic heterocycles. The first kappa shape index (κ1) is 20.4. The van der Waals surface area contributed by atoms with Crippen LogP contribution < -0.4 is 11.1 Å². The van der Waals surface area contributed by atoms with Crippen LogP contribution in [0.4, 0.5) is 8.78 Å². The highest BCUT2D eigenvalue weighted by molar-refractivity contribution is 5.88. The maximum Gasteiger partial charge on any atom is 0.256 e. The van der Waals surface area contributed by atoms with Crippen LogP contribution in [0.25, 0.3) is 21.8 Å². The van der Waals surface area contributed by atoms with E-state index < -0.39 is 40.2 Å². The van der Waals surface area contributed by atoms with Crippen LogP contribution in [-0.2, 0) is 0 Å². The van der Waals surface area contributed by atoms with Crippen LogP contribution in [0, 0.1) is 11.6 Å². The van der Waals surface area contributed by atoms with E-state index in [2.05, 4.69) is 9.97 Å². The van der Waals surface area contributed by atoms with Crippen molar-refractivity contribution >= 4 is 21.8 Å². The van der Waals surface area contributed by atoms with E-state index >= 15 is 0 Å². The second-order valence-electron chi connectivity index (χ2n) is 7.66. The number of hydrogen-bond acceptors (Lipinski definition) is 4. The molecule has 0 aliphatic carbocycles. The summed E-state index contributed by atoms with van der Waals surface area (Å²) >= 11 is 0. The Morgan fingerprint density at radius 3 is 1.55 bits per heavy atom. The molecular weight excluding hydrogens is 430 g/mol. The molecule has 33 heavy (non-hydrogen) atoms. The number of rotatable bonds is 3. The van der Waals surface area contributed by atoms with Gasteiger partial charge in [-0.05, 0) is 42.0 Å². The van der Waals surface area contributed by atoms with Crippen LogP contribution in [0.1, 0.15) is 22.6 Å². The lowest BCUT2D eigenvalue weighted by Gasteiger charge is -2.21. The monoisotopic (exact) mass is 446 g/mol. The molecule has 6 nitrogen and oxygen atoms in total. The summed E-state index contributed by atoms with van der Waals surface area (Å²) in [5.74, 6) is -4.28. The van der Waals surface area contributed by atoms with Gasteiger partial charge >= 0.3 is 0 Å². The molecule has 0 saturated heterocycles. The largest absolute Gasteiger partial charge is 0.507 e. The zero-order chi connectivity index (χ0) is 23.3. The number of benzene rings is 3. The second-order valence-corrected chi connectivity index (χ2v) is 7.66. The number of fused-ring (bicyclic) bond motifs is 2. The lowest BCUT2D eigenvalue weighted by atomic mass is 9.84. The molecule has 0 radical (unpaired) electrons. The van der Waals surface area contributed by atoms with E-state index in [4.69, 9.17) is 0 Å². The predicted octanol–water partition coefficient (Wildman–Crippen LogP) is 4.24. The van der Waals surface area contributed by atoms with Gasteiger partial charge in [-0.2, -0.15) is 0 Å². The predicted molar refractivity (Wildman–Crippen MR) is 120 cm³/mol. The number of aromatic nitrogens is 2. The van der Waals surface area contributed by atoms with Gasteiger partial charge in [-0.25, -0.2) is 8.78 Å². The van der Waals surface area contributed by atoms with Crippen LogP contribution in [0.15, 0.2) is 76.3 Å². The third-order valence-electron chi connectivity index (χ3n) is 5.66. The van der Waals surface area contributed by atoms with Gasteiger partial charge in [-0.3, -0.25) is 9.59 Å². The molecule has 3 aromatic carbocycles. The van der Waals surface area contributed by atoms with Crippen LogP contribution >= 0.6 is 0 Å². The number of halogens is 2. The Bertz CT molecular complexity index is 1550. The minimum Gasteiger partial charge on any atom is -0.507 e.